The summed E-state index contributed by atoms with van der Waals surface area (Å²) in [6.45, 7) is -0.199. The molecule has 31 heavy (non-hydrogen) atoms. The highest BCUT2D eigenvalue weighted by Gasteiger charge is 2.10. The van der Waals surface area contributed by atoms with Gasteiger partial charge in [-0.2, -0.15) is 5.26 Å². The first-order valence-electron chi connectivity index (χ1n) is 9.30. The predicted octanol–water partition coefficient (Wildman–Crippen LogP) is 4.90. The molecule has 154 valence electrons. The van der Waals surface area contributed by atoms with Crippen molar-refractivity contribution in [3.63, 3.8) is 0 Å². The molecule has 0 bridgehead atoms. The van der Waals surface area contributed by atoms with Crippen molar-refractivity contribution in [3.05, 3.63) is 95.0 Å². The summed E-state index contributed by atoms with van der Waals surface area (Å²) in [6.07, 6.45) is 1.46. The first-order chi connectivity index (χ1) is 15.0. The Hall–Kier alpha value is -4.08. The molecule has 0 saturated carbocycles. The minimum atomic E-state index is -0.512. The smallest absolute Gasteiger partial charge is 0.266 e. The molecule has 3 rings (SSSR count). The largest absolute Gasteiger partial charge is 0.484 e. The monoisotopic (exact) mass is 431 g/mol. The van der Waals surface area contributed by atoms with Crippen molar-refractivity contribution in [1.29, 1.82) is 5.26 Å². The Morgan fingerprint density at radius 1 is 0.935 bits per heavy atom. The molecule has 3 aromatic rings. The number of para-hydroxylation sites is 1. The summed E-state index contributed by atoms with van der Waals surface area (Å²) in [7, 11) is 0. The zero-order valence-corrected chi connectivity index (χ0v) is 17.1. The summed E-state index contributed by atoms with van der Waals surface area (Å²) in [5.41, 5.74) is 1.74. The van der Waals surface area contributed by atoms with Crippen LogP contribution in [0.1, 0.15) is 5.56 Å². The molecule has 0 aliphatic rings. The highest BCUT2D eigenvalue weighted by molar-refractivity contribution is 6.30. The van der Waals surface area contributed by atoms with E-state index in [2.05, 4.69) is 10.6 Å². The summed E-state index contributed by atoms with van der Waals surface area (Å²) >= 11 is 5.82. The quantitative estimate of drug-likeness (QED) is 0.411. The minimum absolute atomic E-state index is 0.0542. The third kappa shape index (κ3) is 6.74. The Bertz CT molecular complexity index is 1140. The van der Waals surface area contributed by atoms with Crippen molar-refractivity contribution in [2.45, 2.75) is 0 Å². The van der Waals surface area contributed by atoms with Gasteiger partial charge in [-0.05, 0) is 60.2 Å². The third-order valence-corrected chi connectivity index (χ3v) is 4.32. The van der Waals surface area contributed by atoms with Crippen LogP contribution < -0.4 is 15.4 Å². The lowest BCUT2D eigenvalue weighted by Crippen LogP contribution is -2.20. The van der Waals surface area contributed by atoms with Crippen LogP contribution in [0.25, 0.3) is 6.08 Å². The Labute approximate surface area is 184 Å². The lowest BCUT2D eigenvalue weighted by atomic mass is 10.1. The average molecular weight is 432 g/mol. The van der Waals surface area contributed by atoms with E-state index in [1.54, 1.807) is 72.8 Å². The van der Waals surface area contributed by atoms with Crippen LogP contribution in [0.5, 0.6) is 5.75 Å². The molecule has 2 N–H and O–H groups in total. The second-order valence-electron chi connectivity index (χ2n) is 6.41. The lowest BCUT2D eigenvalue weighted by Gasteiger charge is -2.08. The first-order valence-corrected chi connectivity index (χ1v) is 9.68. The second-order valence-corrected chi connectivity index (χ2v) is 6.84. The summed E-state index contributed by atoms with van der Waals surface area (Å²) in [5, 5.41) is 15.3. The molecule has 0 spiro atoms. The van der Waals surface area contributed by atoms with Crippen molar-refractivity contribution in [2.75, 3.05) is 17.2 Å². The zero-order valence-electron chi connectivity index (χ0n) is 16.3. The van der Waals surface area contributed by atoms with Crippen LogP contribution in [0.4, 0.5) is 11.4 Å². The van der Waals surface area contributed by atoms with Gasteiger partial charge in [-0.25, -0.2) is 0 Å². The van der Waals surface area contributed by atoms with E-state index >= 15 is 0 Å². The van der Waals surface area contributed by atoms with E-state index in [1.165, 1.54) is 6.08 Å². The van der Waals surface area contributed by atoms with Gasteiger partial charge in [0.15, 0.2) is 6.61 Å². The van der Waals surface area contributed by atoms with Crippen molar-refractivity contribution in [2.24, 2.45) is 0 Å². The Morgan fingerprint density at radius 2 is 1.65 bits per heavy atom. The molecule has 0 aliphatic heterocycles. The number of anilines is 2. The van der Waals surface area contributed by atoms with Gasteiger partial charge in [-0.1, -0.05) is 41.9 Å². The molecule has 7 heteroatoms. The van der Waals surface area contributed by atoms with Crippen molar-refractivity contribution >= 4 is 40.9 Å². The number of hydrogen-bond acceptors (Lipinski definition) is 4. The Morgan fingerprint density at radius 3 is 2.35 bits per heavy atom. The summed E-state index contributed by atoms with van der Waals surface area (Å²) < 4.78 is 5.52. The number of halogens is 1. The fraction of sp³-hybridized carbons (Fsp3) is 0.0417. The van der Waals surface area contributed by atoms with E-state index in [0.29, 0.717) is 27.7 Å². The van der Waals surface area contributed by atoms with Crippen LogP contribution in [0.15, 0.2) is 84.4 Å². The molecule has 0 fully saturated rings. The van der Waals surface area contributed by atoms with Gasteiger partial charge >= 0.3 is 0 Å². The van der Waals surface area contributed by atoms with E-state index in [1.807, 2.05) is 12.1 Å². The number of rotatable bonds is 7. The van der Waals surface area contributed by atoms with Gasteiger partial charge in [-0.3, -0.25) is 9.59 Å². The molecule has 0 aliphatic carbocycles. The number of carbonyl (C=O) groups is 2. The first kappa shape index (κ1) is 21.6. The topological polar surface area (TPSA) is 91.2 Å². The van der Waals surface area contributed by atoms with Crippen LogP contribution in [0.2, 0.25) is 5.02 Å². The normalized spacial score (nSPS) is 10.6. The van der Waals surface area contributed by atoms with Gasteiger partial charge in [0.05, 0.1) is 0 Å². The van der Waals surface area contributed by atoms with Crippen LogP contribution in [0, 0.1) is 11.3 Å². The zero-order chi connectivity index (χ0) is 22.1. The van der Waals surface area contributed by atoms with E-state index in [0.717, 1.165) is 0 Å². The van der Waals surface area contributed by atoms with Gasteiger partial charge in [0.25, 0.3) is 11.8 Å². The van der Waals surface area contributed by atoms with E-state index in [-0.39, 0.29) is 18.1 Å². The molecular weight excluding hydrogens is 414 g/mol. The van der Waals surface area contributed by atoms with Crippen LogP contribution in [-0.2, 0) is 9.59 Å². The fourth-order valence-corrected chi connectivity index (χ4v) is 2.73. The molecule has 0 heterocycles. The lowest BCUT2D eigenvalue weighted by molar-refractivity contribution is -0.118. The minimum Gasteiger partial charge on any atom is -0.484 e. The number of benzene rings is 3. The summed E-state index contributed by atoms with van der Waals surface area (Å²) in [6, 6.07) is 24.3. The van der Waals surface area contributed by atoms with Crippen LogP contribution in [-0.4, -0.2) is 18.4 Å². The number of ether oxygens (including phenoxy) is 1. The van der Waals surface area contributed by atoms with Crippen molar-refractivity contribution in [3.8, 4) is 11.8 Å². The second kappa shape index (κ2) is 10.6. The van der Waals surface area contributed by atoms with Crippen LogP contribution in [0.3, 0.4) is 0 Å². The van der Waals surface area contributed by atoms with Gasteiger partial charge in [0, 0.05) is 16.4 Å². The SMILES string of the molecule is N#C/C(=C/c1cccc(OCC(=O)Nc2ccc(Cl)cc2)c1)C(=O)Nc1ccccc1. The van der Waals surface area contributed by atoms with Gasteiger partial charge in [0.1, 0.15) is 17.4 Å². The summed E-state index contributed by atoms with van der Waals surface area (Å²) in [4.78, 5) is 24.4. The molecular formula is C24H18ClN3O3. The number of nitriles is 1. The molecule has 3 aromatic carbocycles. The standard InChI is InChI=1S/C24H18ClN3O3/c25-19-9-11-21(12-10-19)27-23(29)16-31-22-8-4-5-17(14-22)13-18(15-26)24(30)28-20-6-2-1-3-7-20/h1-14H,16H2,(H,27,29)(H,28,30)/b18-13-. The number of carbonyl (C=O) groups excluding carboxylic acids is 2. The average Bonchev–Trinajstić information content (AvgIpc) is 2.78. The number of amides is 2. The van der Waals surface area contributed by atoms with E-state index in [9.17, 15) is 14.9 Å². The molecule has 0 radical (unpaired) electrons. The highest BCUT2D eigenvalue weighted by atomic mass is 35.5. The number of nitrogens with zero attached hydrogens (tertiary/aromatic N) is 1. The van der Waals surface area contributed by atoms with Crippen molar-refractivity contribution in [1.82, 2.24) is 0 Å². The third-order valence-electron chi connectivity index (χ3n) is 4.06. The molecule has 0 saturated heterocycles. The highest BCUT2D eigenvalue weighted by Crippen LogP contribution is 2.17. The van der Waals surface area contributed by atoms with E-state index < -0.39 is 5.91 Å². The summed E-state index contributed by atoms with van der Waals surface area (Å²) in [5.74, 6) is -0.411. The fourth-order valence-electron chi connectivity index (χ4n) is 2.61. The Kier molecular flexibility index (Phi) is 7.41. The molecule has 0 aromatic heterocycles. The van der Waals surface area contributed by atoms with Gasteiger partial charge in [-0.15, -0.1) is 0 Å². The Balaban J connectivity index is 1.61. The van der Waals surface area contributed by atoms with Crippen LogP contribution >= 0.6 is 11.6 Å². The number of hydrogen-bond donors (Lipinski definition) is 2. The molecule has 2 amide bonds. The van der Waals surface area contributed by atoms with Crippen molar-refractivity contribution < 1.29 is 14.3 Å². The van der Waals surface area contributed by atoms with E-state index in [4.69, 9.17) is 16.3 Å². The maximum Gasteiger partial charge on any atom is 0.266 e. The van der Waals surface area contributed by atoms with Gasteiger partial charge in [0.2, 0.25) is 0 Å². The maximum atomic E-state index is 12.3. The maximum absolute atomic E-state index is 12.3. The molecule has 0 atom stereocenters. The predicted molar refractivity (Wildman–Crippen MR) is 121 cm³/mol. The number of nitrogens with one attached hydrogen (secondary N) is 2. The van der Waals surface area contributed by atoms with Gasteiger partial charge < -0.3 is 15.4 Å². The molecule has 6 nitrogen and oxygen atoms in total. The molecule has 0 unspecified atom stereocenters.